The van der Waals surface area contributed by atoms with E-state index in [0.29, 0.717) is 49.5 Å². The van der Waals surface area contributed by atoms with Crippen molar-refractivity contribution in [2.75, 3.05) is 36.4 Å². The van der Waals surface area contributed by atoms with Gasteiger partial charge in [0.05, 0.1) is 22.3 Å². The predicted octanol–water partition coefficient (Wildman–Crippen LogP) is 5.02. The second-order valence-electron chi connectivity index (χ2n) is 8.03. The molecule has 3 N–H and O–H groups in total. The summed E-state index contributed by atoms with van der Waals surface area (Å²) in [6, 6.07) is 13.0. The van der Waals surface area contributed by atoms with Crippen LogP contribution in [0.1, 0.15) is 11.3 Å². The van der Waals surface area contributed by atoms with Gasteiger partial charge in [-0.1, -0.05) is 40.9 Å². The third-order valence-corrected chi connectivity index (χ3v) is 6.83. The molecule has 5 rings (SSSR count). The number of aromatic amines is 1. The molecular weight excluding hydrogens is 495 g/mol. The third kappa shape index (κ3) is 4.70. The Hall–Kier alpha value is -2.84. The maximum atomic E-state index is 12.6. The summed E-state index contributed by atoms with van der Waals surface area (Å²) in [5.74, 6) is 0.385. The first-order valence-corrected chi connectivity index (χ1v) is 12.0. The van der Waals surface area contributed by atoms with E-state index in [1.807, 2.05) is 24.3 Å². The van der Waals surface area contributed by atoms with Gasteiger partial charge >= 0.3 is 0 Å². The van der Waals surface area contributed by atoms with E-state index in [9.17, 15) is 4.79 Å². The van der Waals surface area contributed by atoms with Crippen molar-refractivity contribution in [1.82, 2.24) is 20.5 Å². The van der Waals surface area contributed by atoms with E-state index >= 15 is 0 Å². The highest BCUT2D eigenvalue weighted by Crippen LogP contribution is 2.32. The van der Waals surface area contributed by atoms with E-state index in [0.717, 1.165) is 37.4 Å². The molecule has 0 amide bonds. The Morgan fingerprint density at radius 1 is 1.00 bits per heavy atom. The van der Waals surface area contributed by atoms with Crippen molar-refractivity contribution in [2.45, 2.75) is 6.42 Å². The minimum Gasteiger partial charge on any atom is -0.369 e. The maximum Gasteiger partial charge on any atom is 0.275 e. The van der Waals surface area contributed by atoms with Crippen LogP contribution in [0.2, 0.25) is 15.1 Å². The first kappa shape index (κ1) is 22.9. The number of halogens is 3. The summed E-state index contributed by atoms with van der Waals surface area (Å²) in [4.78, 5) is 19.6. The Morgan fingerprint density at radius 3 is 2.50 bits per heavy atom. The lowest BCUT2D eigenvalue weighted by Crippen LogP contribution is -2.43. The van der Waals surface area contributed by atoms with E-state index in [1.165, 1.54) is 0 Å². The lowest BCUT2D eigenvalue weighted by atomic mass is 10.1. The van der Waals surface area contributed by atoms with Crippen LogP contribution < -0.4 is 21.1 Å². The van der Waals surface area contributed by atoms with Gasteiger partial charge in [0.1, 0.15) is 5.82 Å². The fourth-order valence-electron chi connectivity index (χ4n) is 4.09. The molecule has 1 aliphatic rings. The number of nitrogens with zero attached hydrogens (tertiary/aromatic N) is 3. The van der Waals surface area contributed by atoms with Crippen molar-refractivity contribution in [3.63, 3.8) is 0 Å². The Kier molecular flexibility index (Phi) is 6.61. The molecule has 0 spiro atoms. The second-order valence-corrected chi connectivity index (χ2v) is 9.25. The summed E-state index contributed by atoms with van der Waals surface area (Å²) in [6.45, 7) is 3.72. The van der Waals surface area contributed by atoms with Gasteiger partial charge < -0.3 is 15.5 Å². The Bertz CT molecular complexity index is 1400. The molecule has 3 heterocycles. The van der Waals surface area contributed by atoms with Crippen LogP contribution in [0.5, 0.6) is 0 Å². The van der Waals surface area contributed by atoms with Crippen LogP contribution >= 0.6 is 34.8 Å². The molecule has 0 bridgehead atoms. The summed E-state index contributed by atoms with van der Waals surface area (Å²) < 4.78 is 0. The highest BCUT2D eigenvalue weighted by atomic mass is 35.5. The number of pyridine rings is 1. The lowest BCUT2D eigenvalue weighted by molar-refractivity contribution is 0.589. The lowest BCUT2D eigenvalue weighted by Gasteiger charge is -2.29. The molecule has 0 radical (unpaired) electrons. The number of hydrogen-bond acceptors (Lipinski definition) is 6. The number of hydrogen-bond donors (Lipinski definition) is 3. The summed E-state index contributed by atoms with van der Waals surface area (Å²) in [5.41, 5.74) is 2.81. The van der Waals surface area contributed by atoms with Crippen molar-refractivity contribution in [3.8, 4) is 0 Å². The van der Waals surface area contributed by atoms with Crippen LogP contribution in [0, 0.1) is 0 Å². The number of H-pyrrole nitrogens is 1. The zero-order valence-corrected chi connectivity index (χ0v) is 20.3. The molecule has 4 aromatic rings. The fourth-order valence-corrected chi connectivity index (χ4v) is 4.85. The standard InChI is InChI=1S/C24H21Cl3N6O/c25-18-2-1-3-19(26)17(18)11-15-10-14-13-29-32-24(34)22(14)23(30-15)31-21-5-4-16(12-20(21)27)33-8-6-28-7-9-33/h1-5,10,12-13,28H,6-9,11H2,(H,30,31)(H,32,34). The van der Waals surface area contributed by atoms with E-state index in [-0.39, 0.29) is 5.56 Å². The first-order chi connectivity index (χ1) is 16.5. The molecule has 2 aromatic carbocycles. The van der Waals surface area contributed by atoms with Crippen molar-refractivity contribution >= 4 is 62.8 Å². The topological polar surface area (TPSA) is 85.9 Å². The van der Waals surface area contributed by atoms with Crippen molar-refractivity contribution in [2.24, 2.45) is 0 Å². The van der Waals surface area contributed by atoms with Crippen LogP contribution in [0.4, 0.5) is 17.2 Å². The average molecular weight is 516 g/mol. The van der Waals surface area contributed by atoms with E-state index in [1.54, 1.807) is 24.4 Å². The smallest absolute Gasteiger partial charge is 0.275 e. The second kappa shape index (κ2) is 9.80. The quantitative estimate of drug-likeness (QED) is 0.346. The number of benzene rings is 2. The molecule has 10 heteroatoms. The Labute approximate surface area is 211 Å². The molecule has 1 saturated heterocycles. The highest BCUT2D eigenvalue weighted by Gasteiger charge is 2.16. The van der Waals surface area contributed by atoms with Gasteiger partial charge in [-0.2, -0.15) is 5.10 Å². The zero-order valence-electron chi connectivity index (χ0n) is 18.0. The first-order valence-electron chi connectivity index (χ1n) is 10.8. The molecule has 7 nitrogen and oxygen atoms in total. The molecule has 0 saturated carbocycles. The molecule has 0 aliphatic carbocycles. The van der Waals surface area contributed by atoms with Crippen LogP contribution in [0.25, 0.3) is 10.8 Å². The van der Waals surface area contributed by atoms with E-state index in [4.69, 9.17) is 39.8 Å². The van der Waals surface area contributed by atoms with Gasteiger partial charge in [-0.3, -0.25) is 4.79 Å². The Balaban J connectivity index is 1.53. The monoisotopic (exact) mass is 514 g/mol. The largest absolute Gasteiger partial charge is 0.369 e. The maximum absolute atomic E-state index is 12.6. The molecule has 2 aromatic heterocycles. The van der Waals surface area contributed by atoms with Gasteiger partial charge in [-0.15, -0.1) is 0 Å². The van der Waals surface area contributed by atoms with Crippen LogP contribution in [0.15, 0.2) is 53.5 Å². The highest BCUT2D eigenvalue weighted by molar-refractivity contribution is 6.36. The van der Waals surface area contributed by atoms with Gasteiger partial charge in [0.25, 0.3) is 5.56 Å². The van der Waals surface area contributed by atoms with Gasteiger partial charge in [-0.25, -0.2) is 10.1 Å². The van der Waals surface area contributed by atoms with Crippen molar-refractivity contribution in [3.05, 3.63) is 85.3 Å². The van der Waals surface area contributed by atoms with Crippen molar-refractivity contribution < 1.29 is 0 Å². The van der Waals surface area contributed by atoms with Gasteiger partial charge in [0.15, 0.2) is 0 Å². The molecule has 0 unspecified atom stereocenters. The SMILES string of the molecule is O=c1[nH]ncc2cc(Cc3c(Cl)cccc3Cl)nc(Nc3ccc(N4CCNCC4)cc3Cl)c12. The molecule has 1 fully saturated rings. The minimum atomic E-state index is -0.344. The normalized spacial score (nSPS) is 13.9. The van der Waals surface area contributed by atoms with Crippen LogP contribution in [0.3, 0.4) is 0 Å². The molecular formula is C24H21Cl3N6O. The van der Waals surface area contributed by atoms with Gasteiger partial charge in [0, 0.05) is 59.4 Å². The molecule has 1 aliphatic heterocycles. The summed E-state index contributed by atoms with van der Waals surface area (Å²) >= 11 is 19.4. The van der Waals surface area contributed by atoms with Crippen LogP contribution in [-0.2, 0) is 6.42 Å². The summed E-state index contributed by atoms with van der Waals surface area (Å²) in [6.07, 6.45) is 1.99. The summed E-state index contributed by atoms with van der Waals surface area (Å²) in [7, 11) is 0. The Morgan fingerprint density at radius 2 is 1.76 bits per heavy atom. The number of anilines is 3. The van der Waals surface area contributed by atoms with Gasteiger partial charge in [0.2, 0.25) is 0 Å². The molecule has 34 heavy (non-hydrogen) atoms. The third-order valence-electron chi connectivity index (χ3n) is 5.81. The van der Waals surface area contributed by atoms with Gasteiger partial charge in [-0.05, 0) is 42.0 Å². The van der Waals surface area contributed by atoms with E-state index < -0.39 is 0 Å². The van der Waals surface area contributed by atoms with E-state index in [2.05, 4.69) is 25.7 Å². The number of aromatic nitrogens is 3. The minimum absolute atomic E-state index is 0.344. The number of nitrogens with one attached hydrogen (secondary N) is 3. The fraction of sp³-hybridized carbons (Fsp3) is 0.208. The zero-order chi connectivity index (χ0) is 23.7. The van der Waals surface area contributed by atoms with Crippen molar-refractivity contribution in [1.29, 1.82) is 0 Å². The molecule has 174 valence electrons. The number of fused-ring (bicyclic) bond motifs is 1. The predicted molar refractivity (Wildman–Crippen MR) is 139 cm³/mol. The molecule has 0 atom stereocenters. The number of piperazine rings is 1. The average Bonchev–Trinajstić information content (AvgIpc) is 2.83. The number of rotatable bonds is 5. The van der Waals surface area contributed by atoms with Crippen LogP contribution in [-0.4, -0.2) is 41.4 Å². The summed E-state index contributed by atoms with van der Waals surface area (Å²) in [5, 5.41) is 15.7.